The number of aromatic nitrogens is 2. The summed E-state index contributed by atoms with van der Waals surface area (Å²) in [6, 6.07) is 17.1. The summed E-state index contributed by atoms with van der Waals surface area (Å²) in [6.45, 7) is 2.52. The van der Waals surface area contributed by atoms with Crippen molar-refractivity contribution in [2.24, 2.45) is 0 Å². The molecule has 5 rings (SSSR count). The fraction of sp³-hybridized carbons (Fsp3) is 0.200. The summed E-state index contributed by atoms with van der Waals surface area (Å²) < 4.78 is 25.8. The number of Topliss-reactive ketones (excluding diaryl/α,β-unsaturated/α-hetero) is 1. The summed E-state index contributed by atoms with van der Waals surface area (Å²) in [4.78, 5) is 28.1. The molecule has 1 aliphatic heterocycles. The molecule has 1 fully saturated rings. The Balaban J connectivity index is 1.54. The number of aliphatic hydroxyl groups excluding tert-OH is 1. The average molecular weight is 626 g/mol. The first-order valence-electron chi connectivity index (χ1n) is 12.9. The van der Waals surface area contributed by atoms with Gasteiger partial charge in [-0.1, -0.05) is 72.0 Å². The van der Waals surface area contributed by atoms with Crippen molar-refractivity contribution in [3.05, 3.63) is 99.8 Å². The standard InChI is InChI=1S/C30H25ClFN3O5S2/c1-3-14-40-20-11-8-17(9-12-20)25-24(26(36)18-10-13-23(39-2)22(32)15-18)27(37)28(38)35(25)29-33-34-30(42-29)41-16-19-6-4-5-7-21(19)31/h4-13,15,25,36H,3,14,16H2,1-2H3/t25-/m1/s1. The van der Waals surface area contributed by atoms with Gasteiger partial charge in [-0.05, 0) is 53.9 Å². The Labute approximate surface area is 254 Å². The number of ether oxygens (including phenoxy) is 2. The van der Waals surface area contributed by atoms with E-state index in [1.54, 1.807) is 30.3 Å². The molecule has 42 heavy (non-hydrogen) atoms. The predicted octanol–water partition coefficient (Wildman–Crippen LogP) is 7.05. The van der Waals surface area contributed by atoms with Crippen LogP contribution in [0.25, 0.3) is 5.76 Å². The fourth-order valence-corrected chi connectivity index (χ4v) is 6.55. The number of halogens is 2. The van der Waals surface area contributed by atoms with Crippen molar-refractivity contribution in [2.75, 3.05) is 18.6 Å². The van der Waals surface area contributed by atoms with Gasteiger partial charge in [0.05, 0.1) is 25.3 Å². The molecule has 0 radical (unpaired) electrons. The van der Waals surface area contributed by atoms with Gasteiger partial charge in [0.15, 0.2) is 15.9 Å². The van der Waals surface area contributed by atoms with Crippen molar-refractivity contribution in [1.82, 2.24) is 10.2 Å². The number of carbonyl (C=O) groups excluding carboxylic acids is 2. The highest BCUT2D eigenvalue weighted by Gasteiger charge is 2.48. The van der Waals surface area contributed by atoms with E-state index < -0.39 is 29.3 Å². The number of hydrogen-bond donors (Lipinski definition) is 1. The number of amides is 1. The van der Waals surface area contributed by atoms with Crippen LogP contribution in [0.15, 0.2) is 76.6 Å². The number of anilines is 1. The van der Waals surface area contributed by atoms with Crippen LogP contribution in [-0.4, -0.2) is 40.7 Å². The number of benzene rings is 3. The molecular weight excluding hydrogens is 601 g/mol. The second kappa shape index (κ2) is 12.9. The summed E-state index contributed by atoms with van der Waals surface area (Å²) >= 11 is 8.81. The van der Waals surface area contributed by atoms with Crippen LogP contribution in [0.2, 0.25) is 5.02 Å². The minimum atomic E-state index is -1.05. The number of thioether (sulfide) groups is 1. The maximum Gasteiger partial charge on any atom is 0.301 e. The monoisotopic (exact) mass is 625 g/mol. The Morgan fingerprint density at radius 2 is 1.88 bits per heavy atom. The lowest BCUT2D eigenvalue weighted by molar-refractivity contribution is -0.132. The second-order valence-corrected chi connectivity index (χ2v) is 11.8. The van der Waals surface area contributed by atoms with E-state index in [1.807, 2.05) is 25.1 Å². The van der Waals surface area contributed by atoms with E-state index >= 15 is 0 Å². The molecule has 4 aromatic rings. The maximum atomic E-state index is 14.5. The quantitative estimate of drug-likeness (QED) is 0.0658. The van der Waals surface area contributed by atoms with E-state index in [2.05, 4.69) is 10.2 Å². The zero-order valence-corrected chi connectivity index (χ0v) is 24.9. The van der Waals surface area contributed by atoms with Crippen LogP contribution >= 0.6 is 34.7 Å². The van der Waals surface area contributed by atoms with Gasteiger partial charge in [0.2, 0.25) is 5.13 Å². The molecule has 0 unspecified atom stereocenters. The first kappa shape index (κ1) is 29.6. The molecule has 1 aromatic heterocycles. The van der Waals surface area contributed by atoms with Crippen molar-refractivity contribution >= 4 is 57.3 Å². The van der Waals surface area contributed by atoms with Gasteiger partial charge in [-0.3, -0.25) is 14.5 Å². The topological polar surface area (TPSA) is 102 Å². The smallest absolute Gasteiger partial charge is 0.301 e. The van der Waals surface area contributed by atoms with Gasteiger partial charge in [0.25, 0.3) is 5.78 Å². The largest absolute Gasteiger partial charge is 0.507 e. The highest BCUT2D eigenvalue weighted by atomic mass is 35.5. The van der Waals surface area contributed by atoms with Gasteiger partial charge < -0.3 is 14.6 Å². The number of aliphatic hydroxyl groups is 1. The minimum Gasteiger partial charge on any atom is -0.507 e. The van der Waals surface area contributed by atoms with Crippen LogP contribution in [0.1, 0.15) is 36.1 Å². The van der Waals surface area contributed by atoms with Gasteiger partial charge in [0, 0.05) is 16.3 Å². The third-order valence-electron chi connectivity index (χ3n) is 6.45. The molecule has 1 saturated heterocycles. The Bertz CT molecular complexity index is 1660. The molecule has 12 heteroatoms. The first-order valence-corrected chi connectivity index (χ1v) is 15.1. The number of rotatable bonds is 10. The summed E-state index contributed by atoms with van der Waals surface area (Å²) in [6.07, 6.45) is 0.828. The maximum absolute atomic E-state index is 14.5. The number of hydrogen-bond acceptors (Lipinski definition) is 9. The summed E-state index contributed by atoms with van der Waals surface area (Å²) in [5.74, 6) is -1.95. The van der Waals surface area contributed by atoms with Gasteiger partial charge in [0.1, 0.15) is 11.5 Å². The molecule has 0 aliphatic carbocycles. The summed E-state index contributed by atoms with van der Waals surface area (Å²) in [5, 5.41) is 20.5. The van der Waals surface area contributed by atoms with E-state index in [0.29, 0.717) is 33.0 Å². The lowest BCUT2D eigenvalue weighted by atomic mass is 9.95. The Hall–Kier alpha value is -3.93. The van der Waals surface area contributed by atoms with Crippen LogP contribution in [0.3, 0.4) is 0 Å². The molecule has 1 atom stereocenters. The Kier molecular flexibility index (Phi) is 9.10. The zero-order valence-electron chi connectivity index (χ0n) is 22.5. The molecule has 0 bridgehead atoms. The molecule has 8 nitrogen and oxygen atoms in total. The molecule has 216 valence electrons. The van der Waals surface area contributed by atoms with Crippen LogP contribution in [-0.2, 0) is 15.3 Å². The van der Waals surface area contributed by atoms with E-state index in [9.17, 15) is 19.1 Å². The molecule has 0 spiro atoms. The molecule has 3 aromatic carbocycles. The molecule has 2 heterocycles. The second-order valence-electron chi connectivity index (χ2n) is 9.17. The van der Waals surface area contributed by atoms with Gasteiger partial charge in [-0.15, -0.1) is 10.2 Å². The van der Waals surface area contributed by atoms with Crippen molar-refractivity contribution in [1.29, 1.82) is 0 Å². The lowest BCUT2D eigenvalue weighted by Crippen LogP contribution is -2.29. The number of ketones is 1. The molecule has 1 aliphatic rings. The molecular formula is C30H25ClFN3O5S2. The van der Waals surface area contributed by atoms with Gasteiger partial charge in [-0.25, -0.2) is 4.39 Å². The number of methoxy groups -OCH3 is 1. The minimum absolute atomic E-state index is 0.0208. The van der Waals surface area contributed by atoms with E-state index in [4.69, 9.17) is 21.1 Å². The SMILES string of the molecule is CCCOc1ccc([C@@H]2C(=C(O)c3ccc(OC)c(F)c3)C(=O)C(=O)N2c2nnc(SCc3ccccc3Cl)s2)cc1. The molecule has 1 amide bonds. The fourth-order valence-electron chi connectivity index (χ4n) is 4.39. The normalized spacial score (nSPS) is 16.2. The highest BCUT2D eigenvalue weighted by Crippen LogP contribution is 2.44. The van der Waals surface area contributed by atoms with Crippen molar-refractivity contribution in [3.63, 3.8) is 0 Å². The molecule has 1 N–H and O–H groups in total. The zero-order chi connectivity index (χ0) is 29.8. The van der Waals surface area contributed by atoms with Crippen LogP contribution in [0.5, 0.6) is 11.5 Å². The summed E-state index contributed by atoms with van der Waals surface area (Å²) in [7, 11) is 1.32. The van der Waals surface area contributed by atoms with Crippen molar-refractivity contribution in [3.8, 4) is 11.5 Å². The predicted molar refractivity (Wildman–Crippen MR) is 161 cm³/mol. The number of nitrogens with zero attached hydrogens (tertiary/aromatic N) is 3. The summed E-state index contributed by atoms with van der Waals surface area (Å²) in [5.41, 5.74) is 1.26. The lowest BCUT2D eigenvalue weighted by Gasteiger charge is -2.22. The van der Waals surface area contributed by atoms with Crippen LogP contribution < -0.4 is 14.4 Å². The third kappa shape index (κ3) is 5.99. The van der Waals surface area contributed by atoms with E-state index in [0.717, 1.165) is 29.4 Å². The Morgan fingerprint density at radius 1 is 1.12 bits per heavy atom. The first-order chi connectivity index (χ1) is 20.3. The van der Waals surface area contributed by atoms with Crippen LogP contribution in [0, 0.1) is 5.82 Å². The van der Waals surface area contributed by atoms with Gasteiger partial charge >= 0.3 is 5.91 Å². The van der Waals surface area contributed by atoms with E-state index in [1.165, 1.54) is 35.9 Å². The van der Waals surface area contributed by atoms with Crippen molar-refractivity contribution in [2.45, 2.75) is 29.5 Å². The third-order valence-corrected chi connectivity index (χ3v) is 8.92. The van der Waals surface area contributed by atoms with E-state index in [-0.39, 0.29) is 22.0 Å². The van der Waals surface area contributed by atoms with Gasteiger partial charge in [-0.2, -0.15) is 0 Å². The van der Waals surface area contributed by atoms with Crippen molar-refractivity contribution < 1.29 is 28.6 Å². The average Bonchev–Trinajstić information content (AvgIpc) is 3.57. The Morgan fingerprint density at radius 3 is 2.57 bits per heavy atom. The molecule has 0 saturated carbocycles. The highest BCUT2D eigenvalue weighted by molar-refractivity contribution is 8.00. The number of carbonyl (C=O) groups is 2. The van der Waals surface area contributed by atoms with Crippen LogP contribution in [0.4, 0.5) is 9.52 Å².